The predicted octanol–water partition coefficient (Wildman–Crippen LogP) is 2.95. The molecule has 0 saturated heterocycles. The third-order valence-electron chi connectivity index (χ3n) is 2.33. The van der Waals surface area contributed by atoms with Gasteiger partial charge in [0.1, 0.15) is 5.75 Å². The van der Waals surface area contributed by atoms with Crippen LogP contribution in [-0.2, 0) is 0 Å². The first-order valence-corrected chi connectivity index (χ1v) is 6.74. The van der Waals surface area contributed by atoms with E-state index in [9.17, 15) is 4.79 Å². The lowest BCUT2D eigenvalue weighted by molar-refractivity contribution is 0.0696. The zero-order chi connectivity index (χ0) is 13.5. The number of carboxylic acids is 1. The molecule has 1 N–H and O–H groups in total. The quantitative estimate of drug-likeness (QED) is 0.648. The van der Waals surface area contributed by atoms with Gasteiger partial charge in [0.05, 0.1) is 17.2 Å². The summed E-state index contributed by atoms with van der Waals surface area (Å²) in [5.74, 6) is 0.641. The summed E-state index contributed by atoms with van der Waals surface area (Å²) >= 11 is 1.53. The van der Waals surface area contributed by atoms with Crippen molar-refractivity contribution in [1.29, 1.82) is 0 Å². The van der Waals surface area contributed by atoms with Crippen molar-refractivity contribution < 1.29 is 14.6 Å². The second-order valence-electron chi connectivity index (χ2n) is 3.70. The molecule has 1 aromatic heterocycles. The van der Waals surface area contributed by atoms with Crippen LogP contribution in [0.15, 0.2) is 53.7 Å². The molecule has 0 aliphatic carbocycles. The van der Waals surface area contributed by atoms with E-state index in [4.69, 9.17) is 9.84 Å². The van der Waals surface area contributed by atoms with Gasteiger partial charge >= 0.3 is 5.97 Å². The minimum atomic E-state index is -0.962. The second-order valence-corrected chi connectivity index (χ2v) is 4.82. The van der Waals surface area contributed by atoms with Crippen molar-refractivity contribution in [2.45, 2.75) is 5.03 Å². The van der Waals surface area contributed by atoms with Gasteiger partial charge in [0.15, 0.2) is 0 Å². The number of benzene rings is 1. The molecule has 0 amide bonds. The number of thioether (sulfide) groups is 1. The highest BCUT2D eigenvalue weighted by Crippen LogP contribution is 2.16. The number of nitrogens with zero attached hydrogens (tertiary/aromatic N) is 1. The minimum absolute atomic E-state index is 0.199. The number of hydrogen-bond acceptors (Lipinski definition) is 4. The van der Waals surface area contributed by atoms with Gasteiger partial charge < -0.3 is 9.84 Å². The maximum absolute atomic E-state index is 10.7. The van der Waals surface area contributed by atoms with E-state index in [1.807, 2.05) is 30.3 Å². The van der Waals surface area contributed by atoms with Crippen LogP contribution in [0.5, 0.6) is 5.75 Å². The molecule has 1 heterocycles. The van der Waals surface area contributed by atoms with E-state index >= 15 is 0 Å². The largest absolute Gasteiger partial charge is 0.493 e. The number of pyridine rings is 1. The van der Waals surface area contributed by atoms with E-state index in [2.05, 4.69) is 4.98 Å². The molecule has 1 aromatic carbocycles. The summed E-state index contributed by atoms with van der Waals surface area (Å²) in [5, 5.41) is 9.54. The summed E-state index contributed by atoms with van der Waals surface area (Å²) in [7, 11) is 0. The topological polar surface area (TPSA) is 59.4 Å². The van der Waals surface area contributed by atoms with Gasteiger partial charge in [-0.05, 0) is 24.3 Å². The predicted molar refractivity (Wildman–Crippen MR) is 73.9 cm³/mol. The lowest BCUT2D eigenvalue weighted by atomic mass is 10.3. The molecule has 4 nitrogen and oxygen atoms in total. The highest BCUT2D eigenvalue weighted by Gasteiger charge is 2.03. The van der Waals surface area contributed by atoms with Gasteiger partial charge in [0.2, 0.25) is 0 Å². The Kier molecular flexibility index (Phi) is 4.80. The fraction of sp³-hybridized carbons (Fsp3) is 0.143. The summed E-state index contributed by atoms with van der Waals surface area (Å²) in [6.07, 6.45) is 1.36. The van der Waals surface area contributed by atoms with Gasteiger partial charge in [0.25, 0.3) is 0 Å². The number of rotatable bonds is 6. The number of aromatic carboxylic acids is 1. The Morgan fingerprint density at radius 3 is 2.63 bits per heavy atom. The summed E-state index contributed by atoms with van der Waals surface area (Å²) < 4.78 is 5.55. The average Bonchev–Trinajstić information content (AvgIpc) is 2.45. The molecular formula is C14H13NO3S. The highest BCUT2D eigenvalue weighted by molar-refractivity contribution is 7.99. The van der Waals surface area contributed by atoms with Crippen LogP contribution in [0.3, 0.4) is 0 Å². The number of ether oxygens (including phenoxy) is 1. The van der Waals surface area contributed by atoms with Crippen molar-refractivity contribution in [2.75, 3.05) is 12.4 Å². The van der Waals surface area contributed by atoms with Crippen molar-refractivity contribution in [1.82, 2.24) is 4.98 Å². The van der Waals surface area contributed by atoms with Gasteiger partial charge in [-0.25, -0.2) is 9.78 Å². The fourth-order valence-corrected chi connectivity index (χ4v) is 2.08. The van der Waals surface area contributed by atoms with Gasteiger partial charge in [-0.1, -0.05) is 18.2 Å². The van der Waals surface area contributed by atoms with Crippen molar-refractivity contribution in [3.63, 3.8) is 0 Å². The third kappa shape index (κ3) is 4.30. The molecule has 2 aromatic rings. The molecule has 5 heteroatoms. The summed E-state index contributed by atoms with van der Waals surface area (Å²) in [6.45, 7) is 0.580. The van der Waals surface area contributed by atoms with E-state index < -0.39 is 5.97 Å². The van der Waals surface area contributed by atoms with E-state index in [0.29, 0.717) is 6.61 Å². The Morgan fingerprint density at radius 2 is 2.00 bits per heavy atom. The first-order valence-electron chi connectivity index (χ1n) is 5.76. The van der Waals surface area contributed by atoms with Gasteiger partial charge in [-0.15, -0.1) is 11.8 Å². The minimum Gasteiger partial charge on any atom is -0.493 e. The number of carbonyl (C=O) groups is 1. The molecule has 19 heavy (non-hydrogen) atoms. The highest BCUT2D eigenvalue weighted by atomic mass is 32.2. The molecule has 0 unspecified atom stereocenters. The van der Waals surface area contributed by atoms with Crippen molar-refractivity contribution in [2.24, 2.45) is 0 Å². The van der Waals surface area contributed by atoms with Crippen LogP contribution in [0.4, 0.5) is 0 Å². The van der Waals surface area contributed by atoms with Crippen molar-refractivity contribution in [3.8, 4) is 5.75 Å². The van der Waals surface area contributed by atoms with Crippen LogP contribution in [-0.4, -0.2) is 28.4 Å². The molecule has 0 spiro atoms. The molecule has 0 saturated carbocycles. The summed E-state index contributed by atoms with van der Waals surface area (Å²) in [5.41, 5.74) is 0.199. The van der Waals surface area contributed by atoms with E-state index in [1.165, 1.54) is 18.0 Å². The molecule has 0 aliphatic rings. The average molecular weight is 275 g/mol. The molecule has 0 fully saturated rings. The molecule has 0 bridgehead atoms. The van der Waals surface area contributed by atoms with E-state index in [0.717, 1.165) is 16.5 Å². The number of aromatic nitrogens is 1. The fourth-order valence-electron chi connectivity index (χ4n) is 1.41. The molecule has 2 rings (SSSR count). The maximum atomic E-state index is 10.7. The Balaban J connectivity index is 1.75. The lowest BCUT2D eigenvalue weighted by Crippen LogP contribution is -2.01. The van der Waals surface area contributed by atoms with Crippen LogP contribution in [0.25, 0.3) is 0 Å². The summed E-state index contributed by atoms with van der Waals surface area (Å²) in [6, 6.07) is 12.9. The SMILES string of the molecule is O=C(O)c1ccc(SCCOc2ccccc2)nc1. The maximum Gasteiger partial charge on any atom is 0.337 e. The number of para-hydroxylation sites is 1. The van der Waals surface area contributed by atoms with Crippen LogP contribution in [0.1, 0.15) is 10.4 Å². The van der Waals surface area contributed by atoms with E-state index in [-0.39, 0.29) is 5.56 Å². The molecule has 0 radical (unpaired) electrons. The van der Waals surface area contributed by atoms with Crippen molar-refractivity contribution in [3.05, 3.63) is 54.2 Å². The molecule has 98 valence electrons. The van der Waals surface area contributed by atoms with Gasteiger partial charge in [0, 0.05) is 11.9 Å². The van der Waals surface area contributed by atoms with Gasteiger partial charge in [-0.2, -0.15) is 0 Å². The Hall–Kier alpha value is -2.01. The van der Waals surface area contributed by atoms with Crippen LogP contribution < -0.4 is 4.74 Å². The van der Waals surface area contributed by atoms with Crippen LogP contribution in [0.2, 0.25) is 0 Å². The smallest absolute Gasteiger partial charge is 0.337 e. The normalized spacial score (nSPS) is 10.1. The lowest BCUT2D eigenvalue weighted by Gasteiger charge is -2.05. The van der Waals surface area contributed by atoms with E-state index in [1.54, 1.807) is 12.1 Å². The summed E-state index contributed by atoms with van der Waals surface area (Å²) in [4.78, 5) is 14.7. The standard InChI is InChI=1S/C14H13NO3S/c16-14(17)11-6-7-13(15-10-11)19-9-8-18-12-4-2-1-3-5-12/h1-7,10H,8-9H2,(H,16,17). The van der Waals surface area contributed by atoms with Crippen molar-refractivity contribution >= 4 is 17.7 Å². The van der Waals surface area contributed by atoms with Gasteiger partial charge in [-0.3, -0.25) is 0 Å². The first-order chi connectivity index (χ1) is 9.25. The Bertz CT molecular complexity index is 528. The Morgan fingerprint density at radius 1 is 1.21 bits per heavy atom. The zero-order valence-corrected chi connectivity index (χ0v) is 11.0. The number of hydrogen-bond donors (Lipinski definition) is 1. The van der Waals surface area contributed by atoms with Crippen LogP contribution in [0, 0.1) is 0 Å². The number of carboxylic acid groups (broad SMARTS) is 1. The monoisotopic (exact) mass is 275 g/mol. The third-order valence-corrected chi connectivity index (χ3v) is 3.24. The molecule has 0 aliphatic heterocycles. The Labute approximate surface area is 115 Å². The first kappa shape index (κ1) is 13.4. The molecule has 0 atom stereocenters. The second kappa shape index (κ2) is 6.80. The zero-order valence-electron chi connectivity index (χ0n) is 10.2. The van der Waals surface area contributed by atoms with Crippen LogP contribution >= 0.6 is 11.8 Å². The molecular weight excluding hydrogens is 262 g/mol.